The van der Waals surface area contributed by atoms with Gasteiger partial charge in [-0.25, -0.2) is 9.97 Å². The second kappa shape index (κ2) is 20.2. The summed E-state index contributed by atoms with van der Waals surface area (Å²) in [6, 6.07) is 47.8. The molecule has 328 valence electrons. The topological polar surface area (TPSA) is 146 Å². The van der Waals surface area contributed by atoms with Crippen LogP contribution in [0.4, 0.5) is 0 Å². The molecule has 0 unspecified atom stereocenters. The van der Waals surface area contributed by atoms with Crippen LogP contribution in [0.15, 0.2) is 183 Å². The van der Waals surface area contributed by atoms with Crippen molar-refractivity contribution in [3.8, 4) is 56.3 Å². The highest BCUT2D eigenvalue weighted by Gasteiger charge is 2.16. The van der Waals surface area contributed by atoms with Crippen molar-refractivity contribution in [2.45, 2.75) is 52.4 Å². The normalized spacial score (nSPS) is 12.1. The fourth-order valence-electron chi connectivity index (χ4n) is 7.59. The molecule has 0 saturated heterocycles. The maximum Gasteiger partial charge on any atom is 0.130 e. The van der Waals surface area contributed by atoms with Crippen LogP contribution in [0, 0.1) is 0 Å². The predicted molar refractivity (Wildman–Crippen MR) is 257 cm³/mol. The molecule has 66 heavy (non-hydrogen) atoms. The minimum absolute atomic E-state index is 0.398. The zero-order chi connectivity index (χ0) is 45.2. The van der Waals surface area contributed by atoms with E-state index >= 15 is 0 Å². The van der Waals surface area contributed by atoms with E-state index < -0.39 is 12.2 Å². The summed E-state index contributed by atoms with van der Waals surface area (Å²) in [5.41, 5.74) is 11.4. The molecule has 0 radical (unpaired) electrons. The molecule has 10 aromatic rings. The highest BCUT2D eigenvalue weighted by atomic mass is 16.5. The summed E-state index contributed by atoms with van der Waals surface area (Å²) < 4.78 is 15.5. The van der Waals surface area contributed by atoms with Gasteiger partial charge in [-0.15, -0.1) is 0 Å². The van der Waals surface area contributed by atoms with Crippen molar-refractivity contribution in [2.75, 3.05) is 0 Å². The second-order valence-electron chi connectivity index (χ2n) is 16.0. The van der Waals surface area contributed by atoms with Crippen molar-refractivity contribution >= 4 is 21.8 Å². The fourth-order valence-corrected chi connectivity index (χ4v) is 7.59. The van der Waals surface area contributed by atoms with E-state index in [-0.39, 0.29) is 0 Å². The summed E-state index contributed by atoms with van der Waals surface area (Å²) in [4.78, 5) is 17.6. The lowest BCUT2D eigenvalue weighted by Gasteiger charge is -2.08. The van der Waals surface area contributed by atoms with E-state index in [1.54, 1.807) is 48.0 Å². The lowest BCUT2D eigenvalue weighted by molar-refractivity contribution is 0.168. The third-order valence-corrected chi connectivity index (χ3v) is 10.7. The predicted octanol–water partition coefficient (Wildman–Crippen LogP) is 10.2. The van der Waals surface area contributed by atoms with E-state index in [2.05, 4.69) is 44.2 Å². The average molecular weight is 873 g/mol. The van der Waals surface area contributed by atoms with Crippen molar-refractivity contribution in [3.05, 3.63) is 194 Å². The Labute approximate surface area is 382 Å². The molecule has 6 aromatic heterocycles. The summed E-state index contributed by atoms with van der Waals surface area (Å²) in [6.45, 7) is 5.16. The van der Waals surface area contributed by atoms with Gasteiger partial charge in [-0.3, -0.25) is 19.3 Å². The molecule has 0 aliphatic heterocycles. The molecular formula is C54H48N8O4. The van der Waals surface area contributed by atoms with Crippen LogP contribution in [-0.2, 0) is 26.3 Å². The molecule has 0 fully saturated rings. The number of rotatable bonds is 14. The number of aliphatic hydroxyl groups is 2. The number of pyridine rings is 4. The maximum atomic E-state index is 9.80. The molecule has 0 amide bonds. The van der Waals surface area contributed by atoms with Gasteiger partial charge < -0.3 is 19.7 Å². The molecular weight excluding hydrogens is 825 g/mol. The monoisotopic (exact) mass is 872 g/mol. The van der Waals surface area contributed by atoms with E-state index in [1.165, 1.54) is 0 Å². The Kier molecular flexibility index (Phi) is 13.2. The molecule has 12 heteroatoms. The van der Waals surface area contributed by atoms with Crippen LogP contribution in [-0.4, -0.2) is 61.9 Å². The van der Waals surface area contributed by atoms with Gasteiger partial charge in [-0.2, -0.15) is 10.2 Å². The van der Waals surface area contributed by atoms with Gasteiger partial charge in [0.25, 0.3) is 0 Å². The Balaban J connectivity index is 0.000000166. The van der Waals surface area contributed by atoms with Gasteiger partial charge in [-0.1, -0.05) is 48.5 Å². The SMILES string of the molecule is C[C@@H](O)Cn1cc(-c2ccncc2)c(-c2ccc(OCc3ccc4ccccc4n3)cc2)n1.C[C@H](O)Cn1cc(-c2ccncc2)c(-c2ccc(OCc3ccc4ccccc4n3)cc2)n1. The minimum atomic E-state index is -0.484. The quantitative estimate of drug-likeness (QED) is 0.108. The molecule has 10 rings (SSSR count). The molecule has 2 atom stereocenters. The largest absolute Gasteiger partial charge is 0.487 e. The van der Waals surface area contributed by atoms with Crippen LogP contribution < -0.4 is 9.47 Å². The highest BCUT2D eigenvalue weighted by molar-refractivity contribution is 5.82. The van der Waals surface area contributed by atoms with Crippen molar-refractivity contribution in [1.29, 1.82) is 0 Å². The highest BCUT2D eigenvalue weighted by Crippen LogP contribution is 2.34. The number of fused-ring (bicyclic) bond motifs is 2. The lowest BCUT2D eigenvalue weighted by atomic mass is 10.0. The van der Waals surface area contributed by atoms with E-state index in [0.717, 1.165) is 89.5 Å². The molecule has 0 aliphatic rings. The van der Waals surface area contributed by atoms with Crippen LogP contribution >= 0.6 is 0 Å². The Hall–Kier alpha value is -8.06. The third-order valence-electron chi connectivity index (χ3n) is 10.7. The maximum absolute atomic E-state index is 9.80. The number of hydrogen-bond acceptors (Lipinski definition) is 10. The Morgan fingerprint density at radius 1 is 0.455 bits per heavy atom. The summed E-state index contributed by atoms with van der Waals surface area (Å²) in [5.74, 6) is 1.53. The standard InChI is InChI=1S/2C27H24N4O2/c2*1-19(32)16-31-17-25(20-12-14-28-15-13-20)27(30-31)22-7-10-24(11-8-22)33-18-23-9-6-21-4-2-3-5-26(21)29-23/h2*2-15,17,19,32H,16,18H2,1H3/t2*19-/m10/s1. The molecule has 0 saturated carbocycles. The zero-order valence-corrected chi connectivity index (χ0v) is 36.6. The van der Waals surface area contributed by atoms with E-state index in [1.807, 2.05) is 134 Å². The van der Waals surface area contributed by atoms with Gasteiger partial charge in [0.15, 0.2) is 0 Å². The van der Waals surface area contributed by atoms with E-state index in [0.29, 0.717) is 26.3 Å². The zero-order valence-electron chi connectivity index (χ0n) is 36.6. The van der Waals surface area contributed by atoms with Crippen molar-refractivity contribution in [1.82, 2.24) is 39.5 Å². The van der Waals surface area contributed by atoms with Gasteiger partial charge >= 0.3 is 0 Å². The minimum Gasteiger partial charge on any atom is -0.487 e. The summed E-state index contributed by atoms with van der Waals surface area (Å²) in [5, 5.41) is 31.3. The Bertz CT molecular complexity index is 2940. The Morgan fingerprint density at radius 2 is 0.848 bits per heavy atom. The molecule has 12 nitrogen and oxygen atoms in total. The number of hydrogen-bond donors (Lipinski definition) is 2. The van der Waals surface area contributed by atoms with Crippen molar-refractivity contribution in [3.63, 3.8) is 0 Å². The van der Waals surface area contributed by atoms with Gasteiger partial charge in [0.05, 0.1) is 47.7 Å². The van der Waals surface area contributed by atoms with Crippen LogP contribution in [0.25, 0.3) is 66.6 Å². The van der Waals surface area contributed by atoms with Gasteiger partial charge in [-0.05, 0) is 122 Å². The first-order valence-corrected chi connectivity index (χ1v) is 21.8. The van der Waals surface area contributed by atoms with Crippen LogP contribution in [0.5, 0.6) is 11.5 Å². The van der Waals surface area contributed by atoms with Crippen LogP contribution in [0.3, 0.4) is 0 Å². The first-order chi connectivity index (χ1) is 32.3. The number of nitrogens with zero attached hydrogens (tertiary/aromatic N) is 8. The first-order valence-electron chi connectivity index (χ1n) is 21.8. The molecule has 2 N–H and O–H groups in total. The number of aromatic nitrogens is 8. The summed E-state index contributed by atoms with van der Waals surface area (Å²) in [7, 11) is 0. The number of para-hydroxylation sites is 2. The molecule has 0 aliphatic carbocycles. The third kappa shape index (κ3) is 10.6. The molecule has 0 spiro atoms. The van der Waals surface area contributed by atoms with Crippen molar-refractivity contribution in [2.24, 2.45) is 0 Å². The van der Waals surface area contributed by atoms with Crippen molar-refractivity contribution < 1.29 is 19.7 Å². The summed E-state index contributed by atoms with van der Waals surface area (Å²) >= 11 is 0. The second-order valence-corrected chi connectivity index (χ2v) is 16.0. The van der Waals surface area contributed by atoms with Gasteiger partial charge in [0.2, 0.25) is 0 Å². The number of ether oxygens (including phenoxy) is 2. The smallest absolute Gasteiger partial charge is 0.130 e. The van der Waals surface area contributed by atoms with E-state index in [9.17, 15) is 10.2 Å². The fraction of sp³-hybridized carbons (Fsp3) is 0.148. The van der Waals surface area contributed by atoms with E-state index in [4.69, 9.17) is 19.7 Å². The lowest BCUT2D eigenvalue weighted by Crippen LogP contribution is -2.11. The average Bonchev–Trinajstić information content (AvgIpc) is 3.97. The summed E-state index contributed by atoms with van der Waals surface area (Å²) in [6.07, 6.45) is 10.0. The molecule has 0 bridgehead atoms. The van der Waals surface area contributed by atoms with Crippen LogP contribution in [0.2, 0.25) is 0 Å². The number of benzene rings is 4. The molecule has 6 heterocycles. The van der Waals surface area contributed by atoms with Gasteiger partial charge in [0, 0.05) is 70.2 Å². The first kappa shape index (κ1) is 43.2. The number of aliphatic hydroxyl groups excluding tert-OH is 2. The molecule has 4 aromatic carbocycles. The van der Waals surface area contributed by atoms with Gasteiger partial charge in [0.1, 0.15) is 36.1 Å². The van der Waals surface area contributed by atoms with Crippen LogP contribution in [0.1, 0.15) is 25.2 Å². The Morgan fingerprint density at radius 3 is 1.24 bits per heavy atom.